The number of aromatic hydroxyl groups is 1. The Labute approximate surface area is 264 Å². The van der Waals surface area contributed by atoms with Crippen LogP contribution < -0.4 is 15.4 Å². The quantitative estimate of drug-likeness (QED) is 0.305. The second kappa shape index (κ2) is 10.9. The number of phenols is 1. The Morgan fingerprint density at radius 2 is 2.00 bits per heavy atom. The predicted molar refractivity (Wildman–Crippen MR) is 172 cm³/mol. The fourth-order valence-corrected chi connectivity index (χ4v) is 6.64. The maximum atomic E-state index is 15.3. The molecule has 0 aliphatic carbocycles. The number of phenolic OH excluding ortho intramolecular Hbond substituents is 1. The topological polar surface area (TPSA) is 94.8 Å². The molecule has 2 aliphatic rings. The van der Waals surface area contributed by atoms with Gasteiger partial charge in [-0.25, -0.2) is 9.37 Å². The van der Waals surface area contributed by atoms with E-state index >= 15 is 4.39 Å². The second-order valence-electron chi connectivity index (χ2n) is 11.6. The molecular weight excluding hydrogens is 583 g/mol. The van der Waals surface area contributed by atoms with Crippen molar-refractivity contribution in [3.63, 3.8) is 0 Å². The first-order valence-electron chi connectivity index (χ1n) is 15.9. The smallest absolute Gasteiger partial charge is 0.282 e. The molecule has 6 rings (SSSR count). The summed E-state index contributed by atoms with van der Waals surface area (Å²) in [5.74, 6) is -1.59. The van der Waals surface area contributed by atoms with Crippen LogP contribution in [0.2, 0.25) is 5.02 Å². The van der Waals surface area contributed by atoms with Gasteiger partial charge < -0.3 is 19.8 Å². The van der Waals surface area contributed by atoms with Crippen molar-refractivity contribution in [2.24, 2.45) is 0 Å². The molecular formula is C33H34ClFN6O3. The summed E-state index contributed by atoms with van der Waals surface area (Å²) in [5, 5.41) is 11.0. The average molecular weight is 620 g/mol. The zero-order valence-electron chi connectivity index (χ0n) is 27.8. The van der Waals surface area contributed by atoms with Gasteiger partial charge >= 0.3 is 0 Å². The SMILES string of the molecule is [2H]C([2H])([2H])N1C[C@H]2CN(C(=O)C=C)[C@H](C)CN2c2c1c(=O)n(-c1c(C)ccnc1C(C)C)c1nc(-c3c(O)cccc3F)c(Cl)cc21. The molecule has 11 heteroatoms. The highest BCUT2D eigenvalue weighted by Crippen LogP contribution is 2.44. The van der Waals surface area contributed by atoms with Crippen LogP contribution in [-0.2, 0) is 4.79 Å². The molecule has 0 bridgehead atoms. The lowest BCUT2D eigenvalue weighted by atomic mass is 9.98. The Bertz CT molecular complexity index is 2000. The maximum absolute atomic E-state index is 15.3. The lowest BCUT2D eigenvalue weighted by Gasteiger charge is -2.51. The Morgan fingerprint density at radius 1 is 1.23 bits per heavy atom. The monoisotopic (exact) mass is 619 g/mol. The summed E-state index contributed by atoms with van der Waals surface area (Å²) in [4.78, 5) is 41.8. The summed E-state index contributed by atoms with van der Waals surface area (Å²) < 4.78 is 42.1. The molecule has 228 valence electrons. The van der Waals surface area contributed by atoms with Gasteiger partial charge in [0, 0.05) is 48.3 Å². The third-order valence-electron chi connectivity index (χ3n) is 8.46. The third-order valence-corrected chi connectivity index (χ3v) is 8.74. The number of amides is 1. The van der Waals surface area contributed by atoms with Crippen molar-refractivity contribution in [3.05, 3.63) is 81.6 Å². The van der Waals surface area contributed by atoms with Crippen molar-refractivity contribution < 1.29 is 18.4 Å². The van der Waals surface area contributed by atoms with Gasteiger partial charge in [-0.3, -0.25) is 19.1 Å². The van der Waals surface area contributed by atoms with Crippen molar-refractivity contribution in [2.45, 2.75) is 45.7 Å². The number of carbonyl (C=O) groups excluding carboxylic acids is 1. The number of halogens is 2. The van der Waals surface area contributed by atoms with Gasteiger partial charge in [0.15, 0.2) is 5.65 Å². The number of aromatic nitrogens is 3. The summed E-state index contributed by atoms with van der Waals surface area (Å²) in [5.41, 5.74) is 0.993. The van der Waals surface area contributed by atoms with Crippen LogP contribution in [0.25, 0.3) is 28.0 Å². The molecule has 5 heterocycles. The lowest BCUT2D eigenvalue weighted by Crippen LogP contribution is -2.64. The van der Waals surface area contributed by atoms with Gasteiger partial charge in [-0.1, -0.05) is 38.1 Å². The van der Waals surface area contributed by atoms with E-state index in [1.165, 1.54) is 34.9 Å². The molecule has 2 atom stereocenters. The van der Waals surface area contributed by atoms with Crippen LogP contribution >= 0.6 is 11.6 Å². The van der Waals surface area contributed by atoms with Crippen LogP contribution in [-0.4, -0.2) is 69.1 Å². The Kier molecular flexibility index (Phi) is 6.46. The molecule has 1 aromatic carbocycles. The summed E-state index contributed by atoms with van der Waals surface area (Å²) in [6.45, 7) is 8.82. The van der Waals surface area contributed by atoms with E-state index in [0.717, 1.165) is 4.90 Å². The van der Waals surface area contributed by atoms with Crippen LogP contribution in [0.5, 0.6) is 5.75 Å². The molecule has 0 unspecified atom stereocenters. The van der Waals surface area contributed by atoms with Gasteiger partial charge in [0.2, 0.25) is 5.91 Å². The number of hydrogen-bond acceptors (Lipinski definition) is 7. The van der Waals surface area contributed by atoms with Crippen LogP contribution in [0.4, 0.5) is 15.8 Å². The van der Waals surface area contributed by atoms with E-state index in [9.17, 15) is 14.7 Å². The first-order valence-corrected chi connectivity index (χ1v) is 14.7. The molecule has 9 nitrogen and oxygen atoms in total. The Hall–Kier alpha value is -4.44. The first kappa shape index (κ1) is 26.0. The normalized spacial score (nSPS) is 19.3. The van der Waals surface area contributed by atoms with Crippen LogP contribution in [0.15, 0.2) is 54.0 Å². The summed E-state index contributed by atoms with van der Waals surface area (Å²) >= 11 is 6.84. The molecule has 0 spiro atoms. The number of piperazine rings is 1. The van der Waals surface area contributed by atoms with Crippen LogP contribution in [0, 0.1) is 12.7 Å². The number of benzene rings is 1. The Morgan fingerprint density at radius 3 is 2.68 bits per heavy atom. The van der Waals surface area contributed by atoms with E-state index < -0.39 is 30.1 Å². The third kappa shape index (κ3) is 4.51. The van der Waals surface area contributed by atoms with Gasteiger partial charge in [0.25, 0.3) is 5.56 Å². The van der Waals surface area contributed by atoms with Gasteiger partial charge in [-0.05, 0) is 55.7 Å². The first-order chi connectivity index (χ1) is 22.1. The highest BCUT2D eigenvalue weighted by atomic mass is 35.5. The van der Waals surface area contributed by atoms with Crippen molar-refractivity contribution in [3.8, 4) is 22.7 Å². The molecule has 1 N–H and O–H groups in total. The van der Waals surface area contributed by atoms with Crippen molar-refractivity contribution >= 4 is 39.9 Å². The van der Waals surface area contributed by atoms with E-state index in [1.807, 2.05) is 32.6 Å². The van der Waals surface area contributed by atoms with Crippen molar-refractivity contribution in [1.82, 2.24) is 19.4 Å². The molecule has 0 saturated carbocycles. The number of carbonyl (C=O) groups is 1. The van der Waals surface area contributed by atoms with Gasteiger partial charge in [-0.15, -0.1) is 0 Å². The predicted octanol–water partition coefficient (Wildman–Crippen LogP) is 5.42. The van der Waals surface area contributed by atoms with E-state index in [4.69, 9.17) is 20.7 Å². The number of fused-ring (bicyclic) bond motifs is 5. The Balaban J connectivity index is 1.78. The zero-order chi connectivity index (χ0) is 34.1. The molecule has 44 heavy (non-hydrogen) atoms. The fraction of sp³-hybridized carbons (Fsp3) is 0.333. The van der Waals surface area contributed by atoms with Crippen molar-refractivity contribution in [1.29, 1.82) is 0 Å². The summed E-state index contributed by atoms with van der Waals surface area (Å²) in [6, 6.07) is 6.29. The largest absolute Gasteiger partial charge is 0.507 e. The highest BCUT2D eigenvalue weighted by Gasteiger charge is 2.41. The van der Waals surface area contributed by atoms with Gasteiger partial charge in [0.1, 0.15) is 17.3 Å². The van der Waals surface area contributed by atoms with Gasteiger partial charge in [0.05, 0.1) is 39.4 Å². The minimum absolute atomic E-state index is 0.0200. The summed E-state index contributed by atoms with van der Waals surface area (Å²) in [7, 11) is 0. The number of anilines is 2. The highest BCUT2D eigenvalue weighted by molar-refractivity contribution is 6.34. The number of nitrogens with zero attached hydrogens (tertiary/aromatic N) is 6. The summed E-state index contributed by atoms with van der Waals surface area (Å²) in [6.07, 6.45) is 2.86. The minimum Gasteiger partial charge on any atom is -0.507 e. The number of aryl methyl sites for hydroxylation is 1. The molecule has 2 aliphatic heterocycles. The van der Waals surface area contributed by atoms with E-state index in [1.54, 1.807) is 17.2 Å². The van der Waals surface area contributed by atoms with E-state index in [2.05, 4.69) is 11.6 Å². The lowest BCUT2D eigenvalue weighted by molar-refractivity contribution is -0.128. The van der Waals surface area contributed by atoms with Crippen LogP contribution in [0.3, 0.4) is 0 Å². The van der Waals surface area contributed by atoms with Gasteiger partial charge in [-0.2, -0.15) is 0 Å². The average Bonchev–Trinajstić information content (AvgIpc) is 3.00. The number of hydrogen-bond donors (Lipinski definition) is 1. The molecule has 3 aromatic heterocycles. The maximum Gasteiger partial charge on any atom is 0.282 e. The standard InChI is InChI=1S/C33H34ClFN6O3/c1-7-25(43)39-16-20-15-38(6)31-30(40(20)14-19(39)5)21-13-22(34)28(26-23(35)9-8-10-24(26)42)37-32(21)41(33(31)44)29-18(4)11-12-36-27(29)17(2)3/h7-13,17,19-20,42H,1,14-16H2,2-6H3/t19-,20+/m1/s1/i6D3. The molecule has 1 fully saturated rings. The minimum atomic E-state index is -2.73. The number of pyridine rings is 3. The number of rotatable bonds is 4. The van der Waals surface area contributed by atoms with E-state index in [0.29, 0.717) is 28.0 Å². The molecule has 4 aromatic rings. The molecule has 1 amide bonds. The molecule has 0 radical (unpaired) electrons. The number of likely N-dealkylation sites (N-methyl/N-ethyl adjacent to an activating group) is 1. The van der Waals surface area contributed by atoms with Crippen molar-refractivity contribution in [2.75, 3.05) is 36.4 Å². The van der Waals surface area contributed by atoms with Crippen LogP contribution in [0.1, 0.15) is 42.1 Å². The molecule has 1 saturated heterocycles. The van der Waals surface area contributed by atoms with E-state index in [-0.39, 0.29) is 65.1 Å². The zero-order valence-corrected chi connectivity index (χ0v) is 25.6. The second-order valence-corrected chi connectivity index (χ2v) is 12.0. The fourth-order valence-electron chi connectivity index (χ4n) is 6.40.